The van der Waals surface area contributed by atoms with Crippen molar-refractivity contribution in [2.45, 2.75) is 31.3 Å². The molecule has 2 aromatic carbocycles. The Balaban J connectivity index is 1.64. The van der Waals surface area contributed by atoms with Gasteiger partial charge in [0.05, 0.1) is 21.7 Å². The van der Waals surface area contributed by atoms with Crippen LogP contribution in [0.3, 0.4) is 0 Å². The molecule has 1 unspecified atom stereocenters. The van der Waals surface area contributed by atoms with Gasteiger partial charge in [0.15, 0.2) is 0 Å². The van der Waals surface area contributed by atoms with E-state index in [4.69, 9.17) is 28.5 Å². The Hall–Kier alpha value is -3.26. The lowest BCUT2D eigenvalue weighted by Gasteiger charge is -2.35. The standard InChI is InChI=1S/C25H24Cl2N4O5S/c26-17-3-1-4-18(27)22(17)24(34)29-16-8-6-15(7-9-16)13-19(25(35)36)30-23(33)20-14-37-12-11-31(20)21(32)5-2-10-28/h1,3-4,6-9,19-20H,2,5,11-14H2,(H,29,34)(H,30,33)(H,35,36)/t19-,20?/m0/s1. The van der Waals surface area contributed by atoms with E-state index in [-0.39, 0.29) is 40.8 Å². The molecule has 1 fully saturated rings. The Morgan fingerprint density at radius 1 is 1.14 bits per heavy atom. The van der Waals surface area contributed by atoms with Gasteiger partial charge in [-0.25, -0.2) is 4.79 Å². The molecule has 1 saturated heterocycles. The third kappa shape index (κ3) is 7.61. The molecule has 3 N–H and O–H groups in total. The Labute approximate surface area is 228 Å². The molecule has 0 bridgehead atoms. The van der Waals surface area contributed by atoms with Crippen molar-refractivity contribution in [1.29, 1.82) is 5.26 Å². The lowest BCUT2D eigenvalue weighted by Crippen LogP contribution is -2.56. The number of carbonyl (C=O) groups is 4. The van der Waals surface area contributed by atoms with Crippen LogP contribution in [0.5, 0.6) is 0 Å². The molecule has 0 saturated carbocycles. The summed E-state index contributed by atoms with van der Waals surface area (Å²) in [5, 5.41) is 24.1. The van der Waals surface area contributed by atoms with Gasteiger partial charge in [0.2, 0.25) is 11.8 Å². The minimum atomic E-state index is -1.22. The molecule has 1 heterocycles. The van der Waals surface area contributed by atoms with E-state index in [1.807, 2.05) is 6.07 Å². The number of carboxylic acid groups (broad SMARTS) is 1. The fourth-order valence-corrected chi connectivity index (χ4v) is 5.38. The molecular formula is C25H24Cl2N4O5S. The van der Waals surface area contributed by atoms with E-state index in [9.17, 15) is 24.3 Å². The van der Waals surface area contributed by atoms with E-state index in [2.05, 4.69) is 10.6 Å². The second-order valence-corrected chi connectivity index (χ2v) is 10.2. The van der Waals surface area contributed by atoms with Gasteiger partial charge in [-0.05, 0) is 29.8 Å². The first-order valence-corrected chi connectivity index (χ1v) is 13.2. The molecule has 0 radical (unpaired) electrons. The maximum atomic E-state index is 12.9. The second-order valence-electron chi connectivity index (χ2n) is 8.19. The van der Waals surface area contributed by atoms with E-state index in [0.717, 1.165) is 0 Å². The van der Waals surface area contributed by atoms with E-state index < -0.39 is 29.9 Å². The van der Waals surface area contributed by atoms with Gasteiger partial charge in [-0.3, -0.25) is 14.4 Å². The second kappa shape index (κ2) is 13.3. The number of carboxylic acids is 1. The van der Waals surface area contributed by atoms with E-state index in [1.54, 1.807) is 42.5 Å². The third-order valence-corrected chi connectivity index (χ3v) is 7.31. The number of hydrogen-bond donors (Lipinski definition) is 3. The van der Waals surface area contributed by atoms with Crippen LogP contribution in [0.25, 0.3) is 0 Å². The highest BCUT2D eigenvalue weighted by Crippen LogP contribution is 2.25. The Bertz CT molecular complexity index is 1200. The zero-order chi connectivity index (χ0) is 26.9. The van der Waals surface area contributed by atoms with Gasteiger partial charge in [-0.1, -0.05) is 41.4 Å². The molecule has 1 aliphatic rings. The normalized spacial score (nSPS) is 15.8. The maximum absolute atomic E-state index is 12.9. The first kappa shape index (κ1) is 28.3. The molecule has 194 valence electrons. The van der Waals surface area contributed by atoms with Crippen molar-refractivity contribution in [2.24, 2.45) is 0 Å². The van der Waals surface area contributed by atoms with E-state index >= 15 is 0 Å². The molecule has 2 aromatic rings. The molecule has 37 heavy (non-hydrogen) atoms. The number of halogens is 2. The van der Waals surface area contributed by atoms with Gasteiger partial charge < -0.3 is 20.6 Å². The minimum Gasteiger partial charge on any atom is -0.480 e. The number of carbonyl (C=O) groups excluding carboxylic acids is 3. The Morgan fingerprint density at radius 2 is 1.81 bits per heavy atom. The number of anilines is 1. The zero-order valence-electron chi connectivity index (χ0n) is 19.6. The summed E-state index contributed by atoms with van der Waals surface area (Å²) in [5.74, 6) is -1.55. The molecule has 12 heteroatoms. The molecule has 0 aliphatic carbocycles. The number of rotatable bonds is 9. The van der Waals surface area contributed by atoms with E-state index in [1.165, 1.54) is 16.7 Å². The molecule has 9 nitrogen and oxygen atoms in total. The fraction of sp³-hybridized carbons (Fsp3) is 0.320. The molecule has 0 aromatic heterocycles. The van der Waals surface area contributed by atoms with Gasteiger partial charge in [-0.15, -0.1) is 0 Å². The number of hydrogen-bond acceptors (Lipinski definition) is 6. The monoisotopic (exact) mass is 562 g/mol. The fourth-order valence-electron chi connectivity index (χ4n) is 3.76. The first-order chi connectivity index (χ1) is 17.7. The summed E-state index contributed by atoms with van der Waals surface area (Å²) in [6, 6.07) is 11.1. The van der Waals surface area contributed by atoms with Crippen molar-refractivity contribution < 1.29 is 24.3 Å². The number of nitrogens with one attached hydrogen (secondary N) is 2. The minimum absolute atomic E-state index is 0.00607. The van der Waals surface area contributed by atoms with Crippen molar-refractivity contribution in [3.63, 3.8) is 0 Å². The summed E-state index contributed by atoms with van der Waals surface area (Å²) in [6.07, 6.45) is 0.0587. The summed E-state index contributed by atoms with van der Waals surface area (Å²) < 4.78 is 0. The van der Waals surface area contributed by atoms with Crippen LogP contribution < -0.4 is 10.6 Å². The van der Waals surface area contributed by atoms with Gasteiger partial charge in [0, 0.05) is 43.0 Å². The van der Waals surface area contributed by atoms with Gasteiger partial charge >= 0.3 is 5.97 Å². The largest absolute Gasteiger partial charge is 0.480 e. The summed E-state index contributed by atoms with van der Waals surface area (Å²) in [4.78, 5) is 51.3. The van der Waals surface area contributed by atoms with Gasteiger partial charge in [-0.2, -0.15) is 17.0 Å². The van der Waals surface area contributed by atoms with Crippen LogP contribution in [0.15, 0.2) is 42.5 Å². The Morgan fingerprint density at radius 3 is 2.43 bits per heavy atom. The van der Waals surface area contributed by atoms with Crippen molar-refractivity contribution in [1.82, 2.24) is 10.2 Å². The highest BCUT2D eigenvalue weighted by molar-refractivity contribution is 7.99. The predicted molar refractivity (Wildman–Crippen MR) is 142 cm³/mol. The molecule has 3 rings (SSSR count). The molecular weight excluding hydrogens is 539 g/mol. The summed E-state index contributed by atoms with van der Waals surface area (Å²) >= 11 is 13.7. The summed E-state index contributed by atoms with van der Waals surface area (Å²) in [5.41, 5.74) is 1.21. The van der Waals surface area contributed by atoms with Crippen LogP contribution >= 0.6 is 35.0 Å². The number of thioether (sulfide) groups is 1. The van der Waals surface area contributed by atoms with Crippen LogP contribution in [0.2, 0.25) is 10.0 Å². The van der Waals surface area contributed by atoms with Gasteiger partial charge in [0.1, 0.15) is 12.1 Å². The van der Waals surface area contributed by atoms with Crippen LogP contribution in [0, 0.1) is 11.3 Å². The van der Waals surface area contributed by atoms with Crippen LogP contribution in [0.4, 0.5) is 5.69 Å². The smallest absolute Gasteiger partial charge is 0.326 e. The van der Waals surface area contributed by atoms with Crippen molar-refractivity contribution in [3.05, 3.63) is 63.6 Å². The van der Waals surface area contributed by atoms with Gasteiger partial charge in [0.25, 0.3) is 5.91 Å². The molecule has 3 amide bonds. The highest BCUT2D eigenvalue weighted by Gasteiger charge is 2.34. The topological polar surface area (TPSA) is 140 Å². The average molecular weight is 563 g/mol. The van der Waals surface area contributed by atoms with E-state index in [0.29, 0.717) is 29.3 Å². The van der Waals surface area contributed by atoms with Crippen molar-refractivity contribution in [2.75, 3.05) is 23.4 Å². The predicted octanol–water partition coefficient (Wildman–Crippen LogP) is 3.61. The average Bonchev–Trinajstić information content (AvgIpc) is 2.87. The van der Waals surface area contributed by atoms with Crippen molar-refractivity contribution in [3.8, 4) is 6.07 Å². The number of amides is 3. The zero-order valence-corrected chi connectivity index (χ0v) is 21.9. The molecule has 1 aliphatic heterocycles. The lowest BCUT2D eigenvalue weighted by atomic mass is 10.0. The molecule has 2 atom stereocenters. The lowest BCUT2D eigenvalue weighted by molar-refractivity contribution is -0.144. The summed E-state index contributed by atoms with van der Waals surface area (Å²) in [6.45, 7) is 0.358. The van der Waals surface area contributed by atoms with Crippen LogP contribution in [-0.2, 0) is 20.8 Å². The van der Waals surface area contributed by atoms with Crippen molar-refractivity contribution >= 4 is 64.3 Å². The highest BCUT2D eigenvalue weighted by atomic mass is 35.5. The number of aliphatic carboxylic acids is 1. The number of nitrogens with zero attached hydrogens (tertiary/aromatic N) is 2. The van der Waals surface area contributed by atoms with Crippen LogP contribution in [-0.4, -0.2) is 63.8 Å². The summed E-state index contributed by atoms with van der Waals surface area (Å²) in [7, 11) is 0. The Kier molecular flexibility index (Phi) is 10.2. The molecule has 0 spiro atoms. The first-order valence-electron chi connectivity index (χ1n) is 11.3. The third-order valence-electron chi connectivity index (χ3n) is 5.66. The maximum Gasteiger partial charge on any atom is 0.326 e. The number of benzene rings is 2. The van der Waals surface area contributed by atoms with Crippen LogP contribution in [0.1, 0.15) is 28.8 Å². The quantitative estimate of drug-likeness (QED) is 0.424. The SMILES string of the molecule is N#CCCC(=O)N1CCSCC1C(=O)N[C@@H](Cc1ccc(NC(=O)c2c(Cl)cccc2Cl)cc1)C(=O)O. The number of nitriles is 1.